The summed E-state index contributed by atoms with van der Waals surface area (Å²) in [6, 6.07) is -1.55. The number of allylic oxidation sites excluding steroid dienone is 6. The number of carboxylic acids is 1. The maximum Gasteiger partial charge on any atom is 0.472 e. The molecule has 0 heterocycles. The Hall–Kier alpha value is -2.30. The summed E-state index contributed by atoms with van der Waals surface area (Å²) in [6.45, 7) is 2.60. The van der Waals surface area contributed by atoms with E-state index in [1.165, 1.54) is 135 Å². The van der Waals surface area contributed by atoms with E-state index >= 15 is 0 Å². The van der Waals surface area contributed by atoms with E-state index < -0.39 is 57.6 Å². The second kappa shape index (κ2) is 46.2. The Bertz CT molecular complexity index is 1210. The highest BCUT2D eigenvalue weighted by Gasteiger charge is 2.28. The summed E-state index contributed by atoms with van der Waals surface area (Å²) in [7, 11) is -4.76. The predicted molar refractivity (Wildman–Crippen MR) is 259 cm³/mol. The number of unbranched alkanes of at least 4 members (excludes halogenated alkanes) is 28. The van der Waals surface area contributed by atoms with Crippen LogP contribution in [0.3, 0.4) is 0 Å². The van der Waals surface area contributed by atoms with Crippen molar-refractivity contribution in [1.82, 2.24) is 5.32 Å². The van der Waals surface area contributed by atoms with Crippen LogP contribution in [0, 0.1) is 0 Å². The molecule has 4 N–H and O–H groups in total. The molecule has 0 radical (unpaired) electrons. The Morgan fingerprint density at radius 3 is 1.33 bits per heavy atom. The summed E-state index contributed by atoms with van der Waals surface area (Å²) in [6.07, 6.45) is 51.6. The molecular formula is C51H94NO10P. The number of carbonyl (C=O) groups excluding carboxylic acids is 2. The first-order chi connectivity index (χ1) is 30.6. The van der Waals surface area contributed by atoms with Crippen LogP contribution in [0.4, 0.5) is 0 Å². The van der Waals surface area contributed by atoms with E-state index in [4.69, 9.17) is 13.8 Å². The second-order valence-corrected chi connectivity index (χ2v) is 18.8. The van der Waals surface area contributed by atoms with Crippen molar-refractivity contribution >= 4 is 25.7 Å². The number of phosphoric ester groups is 1. The van der Waals surface area contributed by atoms with E-state index in [-0.39, 0.29) is 12.8 Å². The monoisotopic (exact) mass is 912 g/mol. The number of nitrogens with one attached hydrogen (secondary N) is 1. The highest BCUT2D eigenvalue weighted by Crippen LogP contribution is 2.43. The highest BCUT2D eigenvalue weighted by molar-refractivity contribution is 7.47. The van der Waals surface area contributed by atoms with Gasteiger partial charge in [0, 0.05) is 12.8 Å². The van der Waals surface area contributed by atoms with E-state index in [2.05, 4.69) is 55.6 Å². The number of aliphatic carboxylic acids is 1. The minimum Gasteiger partial charge on any atom is -0.480 e. The third-order valence-electron chi connectivity index (χ3n) is 11.2. The van der Waals surface area contributed by atoms with Crippen molar-refractivity contribution in [2.75, 3.05) is 19.8 Å². The third kappa shape index (κ3) is 46.0. The molecule has 12 heteroatoms. The normalized spacial score (nSPS) is 13.8. The standard InChI is InChI=1S/C51H94NO10P/c1-3-5-7-9-11-13-15-17-19-21-22-23-24-25-26-27-28-30-32-34-36-38-40-42-49(54)52-48(51(56)57)46-62-63(58,59)61-45-47(53)44-60-50(55)43-41-39-37-35-33-31-29-20-18-16-14-12-10-8-6-4-2/h11,13,17,19,22-23,47-48,53H,3-10,12,14-16,18,20-21,24-46H2,1-2H3,(H,52,54)(H,56,57)(H,58,59)/b13-11-,19-17-,23-22-. The largest absolute Gasteiger partial charge is 0.480 e. The molecule has 0 aliphatic carbocycles. The SMILES string of the molecule is CCCCC/C=C\C/C=C\C/C=C\CCCCCCCCCCCCC(=O)NC(COP(=O)(O)OCC(O)COC(=O)CCCCCCCCCCCCCCCCCC)C(=O)O. The number of ether oxygens (including phenoxy) is 1. The van der Waals surface area contributed by atoms with E-state index in [1.807, 2.05) is 0 Å². The molecule has 1 amide bonds. The van der Waals surface area contributed by atoms with Crippen LogP contribution in [0.1, 0.15) is 239 Å². The minimum absolute atomic E-state index is 0.142. The van der Waals surface area contributed by atoms with Crippen molar-refractivity contribution < 1.29 is 47.8 Å². The first-order valence-corrected chi connectivity index (χ1v) is 27.0. The Morgan fingerprint density at radius 2 is 0.873 bits per heavy atom. The van der Waals surface area contributed by atoms with Crippen molar-refractivity contribution in [2.24, 2.45) is 0 Å². The first kappa shape index (κ1) is 60.7. The third-order valence-corrected chi connectivity index (χ3v) is 12.1. The number of carboxylic acid groups (broad SMARTS) is 1. The van der Waals surface area contributed by atoms with Gasteiger partial charge in [-0.05, 0) is 51.4 Å². The molecule has 3 atom stereocenters. The molecule has 0 aliphatic heterocycles. The molecule has 0 aliphatic rings. The molecule has 0 aromatic heterocycles. The molecule has 3 unspecified atom stereocenters. The van der Waals surface area contributed by atoms with Crippen LogP contribution in [-0.2, 0) is 32.7 Å². The van der Waals surface area contributed by atoms with Crippen molar-refractivity contribution in [3.63, 3.8) is 0 Å². The van der Waals surface area contributed by atoms with Gasteiger partial charge in [-0.25, -0.2) is 9.36 Å². The van der Waals surface area contributed by atoms with Gasteiger partial charge in [0.05, 0.1) is 13.2 Å². The first-order valence-electron chi connectivity index (χ1n) is 25.5. The molecule has 0 rings (SSSR count). The van der Waals surface area contributed by atoms with Gasteiger partial charge in [0.15, 0.2) is 6.04 Å². The summed E-state index contributed by atoms with van der Waals surface area (Å²) in [5, 5.41) is 21.9. The maximum atomic E-state index is 12.4. The summed E-state index contributed by atoms with van der Waals surface area (Å²) in [5.74, 6) is -2.37. The lowest BCUT2D eigenvalue weighted by atomic mass is 10.0. The smallest absolute Gasteiger partial charge is 0.472 e. The number of rotatable bonds is 48. The molecule has 0 saturated carbocycles. The topological polar surface area (TPSA) is 169 Å². The second-order valence-electron chi connectivity index (χ2n) is 17.4. The number of aliphatic hydroxyl groups is 1. The lowest BCUT2D eigenvalue weighted by molar-refractivity contribution is -0.147. The van der Waals surface area contributed by atoms with Crippen LogP contribution < -0.4 is 5.32 Å². The Morgan fingerprint density at radius 1 is 0.508 bits per heavy atom. The zero-order valence-electron chi connectivity index (χ0n) is 40.1. The fourth-order valence-corrected chi connectivity index (χ4v) is 7.98. The number of amides is 1. The maximum absolute atomic E-state index is 12.4. The van der Waals surface area contributed by atoms with Gasteiger partial charge in [-0.3, -0.25) is 18.6 Å². The summed E-state index contributed by atoms with van der Waals surface area (Å²) < 4.78 is 26.9. The average Bonchev–Trinajstić information content (AvgIpc) is 3.26. The number of phosphoric acid groups is 1. The Balaban J connectivity index is 3.83. The van der Waals surface area contributed by atoms with Gasteiger partial charge in [-0.2, -0.15) is 0 Å². The molecule has 63 heavy (non-hydrogen) atoms. The van der Waals surface area contributed by atoms with Gasteiger partial charge < -0.3 is 25.2 Å². The highest BCUT2D eigenvalue weighted by atomic mass is 31.2. The summed E-state index contributed by atoms with van der Waals surface area (Å²) >= 11 is 0. The quantitative estimate of drug-likeness (QED) is 0.0199. The molecular weight excluding hydrogens is 818 g/mol. The van der Waals surface area contributed by atoms with Gasteiger partial charge in [0.1, 0.15) is 12.7 Å². The Kier molecular flexibility index (Phi) is 44.5. The van der Waals surface area contributed by atoms with Crippen molar-refractivity contribution in [3.05, 3.63) is 36.5 Å². The molecule has 0 saturated heterocycles. The molecule has 0 spiro atoms. The van der Waals surface area contributed by atoms with Crippen LogP contribution in [-0.4, -0.2) is 64.9 Å². The van der Waals surface area contributed by atoms with Crippen LogP contribution in [0.15, 0.2) is 36.5 Å². The fraction of sp³-hybridized carbons (Fsp3) is 0.824. The zero-order chi connectivity index (χ0) is 46.3. The van der Waals surface area contributed by atoms with Crippen molar-refractivity contribution in [3.8, 4) is 0 Å². The van der Waals surface area contributed by atoms with Gasteiger partial charge in [-0.1, -0.05) is 211 Å². The Labute approximate surface area is 384 Å². The molecule has 0 fully saturated rings. The van der Waals surface area contributed by atoms with Crippen molar-refractivity contribution in [1.29, 1.82) is 0 Å². The predicted octanol–water partition coefficient (Wildman–Crippen LogP) is 14.0. The fourth-order valence-electron chi connectivity index (χ4n) is 7.21. The van der Waals surface area contributed by atoms with Crippen molar-refractivity contribution in [2.45, 2.75) is 251 Å². The van der Waals surface area contributed by atoms with E-state index in [0.29, 0.717) is 12.8 Å². The van der Waals surface area contributed by atoms with E-state index in [0.717, 1.165) is 64.2 Å². The molecule has 368 valence electrons. The van der Waals surface area contributed by atoms with Crippen LogP contribution >= 0.6 is 7.82 Å². The molecule has 0 aromatic carbocycles. The molecule has 0 bridgehead atoms. The lowest BCUT2D eigenvalue weighted by Crippen LogP contribution is -2.43. The van der Waals surface area contributed by atoms with E-state index in [9.17, 15) is 34.1 Å². The minimum atomic E-state index is -4.76. The zero-order valence-corrected chi connectivity index (χ0v) is 41.0. The number of hydrogen-bond donors (Lipinski definition) is 4. The van der Waals surface area contributed by atoms with Gasteiger partial charge in [0.25, 0.3) is 0 Å². The van der Waals surface area contributed by atoms with Crippen LogP contribution in [0.25, 0.3) is 0 Å². The van der Waals surface area contributed by atoms with E-state index in [1.54, 1.807) is 0 Å². The van der Waals surface area contributed by atoms with Crippen LogP contribution in [0.2, 0.25) is 0 Å². The summed E-state index contributed by atoms with van der Waals surface area (Å²) in [4.78, 5) is 46.1. The number of hydrogen-bond acceptors (Lipinski definition) is 8. The van der Waals surface area contributed by atoms with Gasteiger partial charge in [0.2, 0.25) is 5.91 Å². The average molecular weight is 912 g/mol. The summed E-state index contributed by atoms with van der Waals surface area (Å²) in [5.41, 5.74) is 0. The number of carbonyl (C=O) groups is 3. The van der Waals surface area contributed by atoms with Crippen LogP contribution in [0.5, 0.6) is 0 Å². The molecule has 0 aromatic rings. The number of esters is 1. The lowest BCUT2D eigenvalue weighted by Gasteiger charge is -2.18. The van der Waals surface area contributed by atoms with Gasteiger partial charge >= 0.3 is 19.8 Å². The number of aliphatic hydroxyl groups excluding tert-OH is 1. The van der Waals surface area contributed by atoms with Gasteiger partial charge in [-0.15, -0.1) is 0 Å². The molecule has 11 nitrogen and oxygen atoms in total.